The molecule has 134 valence electrons. The molecule has 1 N–H and O–H groups in total. The van der Waals surface area contributed by atoms with Gasteiger partial charge in [0.15, 0.2) is 0 Å². The Hall–Kier alpha value is -2.99. The Labute approximate surface area is 156 Å². The first-order valence-corrected chi connectivity index (χ1v) is 8.19. The van der Waals surface area contributed by atoms with E-state index in [-0.39, 0.29) is 10.7 Å². The van der Waals surface area contributed by atoms with E-state index in [1.807, 2.05) is 19.1 Å². The standard InChI is InChI=1S/C19H17ClN2O4/c1-11-6-4-5-7-14(11)22-18(23)16(20)17(19(22)24)21-13-9-8-12(25-2)10-15(13)26-3/h4-10,21H,1-3H3. The fourth-order valence-electron chi connectivity index (χ4n) is 2.68. The number of methoxy groups -OCH3 is 2. The fraction of sp³-hybridized carbons (Fsp3) is 0.158. The molecular weight excluding hydrogens is 356 g/mol. The number of halogens is 1. The summed E-state index contributed by atoms with van der Waals surface area (Å²) in [5.74, 6) is -0.0353. The van der Waals surface area contributed by atoms with Crippen molar-refractivity contribution in [3.05, 3.63) is 58.8 Å². The van der Waals surface area contributed by atoms with Crippen LogP contribution in [0.4, 0.5) is 11.4 Å². The molecule has 0 fully saturated rings. The van der Waals surface area contributed by atoms with Crippen LogP contribution in [0.3, 0.4) is 0 Å². The lowest BCUT2D eigenvalue weighted by Crippen LogP contribution is -2.32. The lowest BCUT2D eigenvalue weighted by Gasteiger charge is -2.17. The van der Waals surface area contributed by atoms with Crippen molar-refractivity contribution in [3.8, 4) is 11.5 Å². The van der Waals surface area contributed by atoms with Gasteiger partial charge in [0.2, 0.25) is 0 Å². The van der Waals surface area contributed by atoms with Gasteiger partial charge in [-0.25, -0.2) is 4.90 Å². The Balaban J connectivity index is 1.95. The molecule has 6 nitrogen and oxygen atoms in total. The van der Waals surface area contributed by atoms with Crippen LogP contribution < -0.4 is 19.7 Å². The highest BCUT2D eigenvalue weighted by molar-refractivity contribution is 6.53. The highest BCUT2D eigenvalue weighted by atomic mass is 35.5. The molecule has 0 unspecified atom stereocenters. The van der Waals surface area contributed by atoms with E-state index >= 15 is 0 Å². The minimum absolute atomic E-state index is 0.00314. The van der Waals surface area contributed by atoms with E-state index in [0.717, 1.165) is 10.5 Å². The normalized spacial score (nSPS) is 14.1. The topological polar surface area (TPSA) is 67.9 Å². The summed E-state index contributed by atoms with van der Waals surface area (Å²) < 4.78 is 10.5. The van der Waals surface area contributed by atoms with E-state index in [0.29, 0.717) is 22.9 Å². The Morgan fingerprint density at radius 3 is 2.38 bits per heavy atom. The van der Waals surface area contributed by atoms with Gasteiger partial charge in [-0.15, -0.1) is 0 Å². The summed E-state index contributed by atoms with van der Waals surface area (Å²) in [6.45, 7) is 1.82. The second kappa shape index (κ2) is 7.09. The Kier molecular flexibility index (Phi) is 4.86. The number of hydrogen-bond acceptors (Lipinski definition) is 5. The maximum absolute atomic E-state index is 12.8. The zero-order valence-corrected chi connectivity index (χ0v) is 15.3. The Morgan fingerprint density at radius 1 is 1.00 bits per heavy atom. The molecule has 1 aliphatic heterocycles. The number of carbonyl (C=O) groups excluding carboxylic acids is 2. The van der Waals surface area contributed by atoms with Gasteiger partial charge in [0.1, 0.15) is 22.2 Å². The quantitative estimate of drug-likeness (QED) is 0.814. The number of aryl methyl sites for hydroxylation is 1. The number of ether oxygens (including phenoxy) is 2. The molecule has 0 radical (unpaired) electrons. The smallest absolute Gasteiger partial charge is 0.283 e. The molecular formula is C19H17ClN2O4. The third-order valence-electron chi connectivity index (χ3n) is 4.05. The SMILES string of the molecule is COc1ccc(NC2=C(Cl)C(=O)N(c3ccccc3C)C2=O)c(OC)c1. The second-order valence-electron chi connectivity index (χ2n) is 5.61. The predicted octanol–water partition coefficient (Wildman–Crippen LogP) is 3.45. The van der Waals surface area contributed by atoms with Crippen LogP contribution in [0.1, 0.15) is 5.56 Å². The molecule has 0 saturated carbocycles. The van der Waals surface area contributed by atoms with Crippen LogP contribution >= 0.6 is 11.6 Å². The average molecular weight is 373 g/mol. The number of rotatable bonds is 5. The van der Waals surface area contributed by atoms with Gasteiger partial charge < -0.3 is 14.8 Å². The first-order chi connectivity index (χ1) is 12.5. The molecule has 0 spiro atoms. The molecule has 0 bridgehead atoms. The number of anilines is 2. The zero-order valence-electron chi connectivity index (χ0n) is 14.5. The summed E-state index contributed by atoms with van der Waals surface area (Å²) >= 11 is 6.16. The summed E-state index contributed by atoms with van der Waals surface area (Å²) in [6, 6.07) is 12.2. The van der Waals surface area contributed by atoms with Crippen molar-refractivity contribution in [2.24, 2.45) is 0 Å². The third-order valence-corrected chi connectivity index (χ3v) is 4.40. The summed E-state index contributed by atoms with van der Waals surface area (Å²) in [7, 11) is 3.04. The number of nitrogens with zero attached hydrogens (tertiary/aromatic N) is 1. The van der Waals surface area contributed by atoms with E-state index in [4.69, 9.17) is 21.1 Å². The summed E-state index contributed by atoms with van der Waals surface area (Å²) in [4.78, 5) is 26.5. The molecule has 0 aromatic heterocycles. The van der Waals surface area contributed by atoms with Crippen molar-refractivity contribution < 1.29 is 19.1 Å². The van der Waals surface area contributed by atoms with Gasteiger partial charge in [-0.3, -0.25) is 9.59 Å². The van der Waals surface area contributed by atoms with Gasteiger partial charge >= 0.3 is 0 Å². The van der Waals surface area contributed by atoms with Gasteiger partial charge in [-0.1, -0.05) is 29.8 Å². The van der Waals surface area contributed by atoms with Gasteiger partial charge in [-0.05, 0) is 30.7 Å². The minimum Gasteiger partial charge on any atom is -0.497 e. The number of hydrogen-bond donors (Lipinski definition) is 1. The van der Waals surface area contributed by atoms with Crippen molar-refractivity contribution >= 4 is 34.8 Å². The van der Waals surface area contributed by atoms with E-state index in [2.05, 4.69) is 5.32 Å². The number of carbonyl (C=O) groups is 2. The highest BCUT2D eigenvalue weighted by Crippen LogP contribution is 2.35. The predicted molar refractivity (Wildman–Crippen MR) is 99.7 cm³/mol. The zero-order chi connectivity index (χ0) is 18.8. The van der Waals surface area contributed by atoms with E-state index in [9.17, 15) is 9.59 Å². The number of benzene rings is 2. The summed E-state index contributed by atoms with van der Waals surface area (Å²) in [5, 5.41) is 2.75. The monoisotopic (exact) mass is 372 g/mol. The van der Waals surface area contributed by atoms with Crippen LogP contribution in [0.25, 0.3) is 0 Å². The Bertz CT molecular complexity index is 924. The van der Waals surface area contributed by atoms with Gasteiger partial charge in [0.25, 0.3) is 11.8 Å². The van der Waals surface area contributed by atoms with Crippen LogP contribution in [0.15, 0.2) is 53.2 Å². The van der Waals surface area contributed by atoms with Crippen molar-refractivity contribution in [1.82, 2.24) is 0 Å². The highest BCUT2D eigenvalue weighted by Gasteiger charge is 2.39. The van der Waals surface area contributed by atoms with Crippen molar-refractivity contribution in [1.29, 1.82) is 0 Å². The summed E-state index contributed by atoms with van der Waals surface area (Å²) in [6.07, 6.45) is 0. The lowest BCUT2D eigenvalue weighted by atomic mass is 10.2. The molecule has 1 aliphatic rings. The van der Waals surface area contributed by atoms with Crippen molar-refractivity contribution in [2.75, 3.05) is 24.4 Å². The van der Waals surface area contributed by atoms with Crippen LogP contribution in [0.2, 0.25) is 0 Å². The molecule has 2 aromatic rings. The molecule has 2 aromatic carbocycles. The molecule has 7 heteroatoms. The Morgan fingerprint density at radius 2 is 1.73 bits per heavy atom. The maximum Gasteiger partial charge on any atom is 0.283 e. The molecule has 0 atom stereocenters. The number of nitrogens with one attached hydrogen (secondary N) is 1. The van der Waals surface area contributed by atoms with Gasteiger partial charge in [-0.2, -0.15) is 0 Å². The first-order valence-electron chi connectivity index (χ1n) is 7.81. The van der Waals surface area contributed by atoms with Crippen LogP contribution in [-0.2, 0) is 9.59 Å². The molecule has 1 heterocycles. The average Bonchev–Trinajstić information content (AvgIpc) is 2.86. The fourth-order valence-corrected chi connectivity index (χ4v) is 2.89. The molecule has 0 aliphatic carbocycles. The summed E-state index contributed by atoms with van der Waals surface area (Å²) in [5.41, 5.74) is 1.79. The largest absolute Gasteiger partial charge is 0.497 e. The molecule has 3 rings (SSSR count). The number of para-hydroxylation sites is 1. The van der Waals surface area contributed by atoms with Crippen LogP contribution in [0, 0.1) is 6.92 Å². The number of imide groups is 1. The number of amides is 2. The van der Waals surface area contributed by atoms with Crippen molar-refractivity contribution in [2.45, 2.75) is 6.92 Å². The van der Waals surface area contributed by atoms with Crippen LogP contribution in [0.5, 0.6) is 11.5 Å². The second-order valence-corrected chi connectivity index (χ2v) is 5.99. The lowest BCUT2D eigenvalue weighted by molar-refractivity contribution is -0.120. The van der Waals surface area contributed by atoms with E-state index < -0.39 is 11.8 Å². The van der Waals surface area contributed by atoms with Gasteiger partial charge in [0, 0.05) is 6.07 Å². The molecule has 26 heavy (non-hydrogen) atoms. The maximum atomic E-state index is 12.8. The van der Waals surface area contributed by atoms with E-state index in [1.165, 1.54) is 7.11 Å². The first kappa shape index (κ1) is 17.8. The van der Waals surface area contributed by atoms with Gasteiger partial charge in [0.05, 0.1) is 25.6 Å². The molecule has 0 saturated heterocycles. The third kappa shape index (κ3) is 2.99. The minimum atomic E-state index is -0.569. The van der Waals surface area contributed by atoms with Crippen LogP contribution in [-0.4, -0.2) is 26.0 Å². The van der Waals surface area contributed by atoms with E-state index in [1.54, 1.807) is 37.4 Å². The van der Waals surface area contributed by atoms with Crippen molar-refractivity contribution in [3.63, 3.8) is 0 Å². The molecule has 2 amide bonds.